The van der Waals surface area contributed by atoms with Gasteiger partial charge in [-0.1, -0.05) is 70.8 Å². The first-order chi connectivity index (χ1) is 41.7. The Bertz CT molecular complexity index is 3410. The second-order valence-electron chi connectivity index (χ2n) is 18.4. The van der Waals surface area contributed by atoms with Crippen molar-refractivity contribution in [3.8, 4) is 0 Å². The highest BCUT2D eigenvalue weighted by atomic mass is 35.8. The molecule has 0 aliphatic rings. The van der Waals surface area contributed by atoms with Crippen LogP contribution in [0.15, 0.2) is 127 Å². The topological polar surface area (TPSA) is 213 Å². The van der Waals surface area contributed by atoms with E-state index in [1.165, 1.54) is 66.7 Å². The van der Waals surface area contributed by atoms with Crippen molar-refractivity contribution >= 4 is 111 Å². The zero-order valence-corrected chi connectivity index (χ0v) is 54.9. The second kappa shape index (κ2) is 47.2. The molecule has 0 aliphatic heterocycles. The lowest BCUT2D eigenvalue weighted by atomic mass is 10.0. The van der Waals surface area contributed by atoms with E-state index in [-0.39, 0.29) is 99.4 Å². The number of carbonyl (C=O) groups is 6. The summed E-state index contributed by atoms with van der Waals surface area (Å²) in [7, 11) is 14.8. The molecule has 8 aromatic rings. The molecule has 0 atom stereocenters. The van der Waals surface area contributed by atoms with Gasteiger partial charge in [-0.25, -0.2) is 66.9 Å². The van der Waals surface area contributed by atoms with Gasteiger partial charge in [-0.3, -0.25) is 9.59 Å². The van der Waals surface area contributed by atoms with Crippen LogP contribution in [0.25, 0.3) is 0 Å². The number of ketones is 1. The zero-order chi connectivity index (χ0) is 65.9. The van der Waals surface area contributed by atoms with Gasteiger partial charge < -0.3 is 39.3 Å². The molecule has 0 unspecified atom stereocenters. The number of carbonyl (C=O) groups excluding carboxylic acids is 5. The standard InChI is InChI=1S/C16H16FNO3.C16H18FNO2.C14H14FNO2.C8H6ClFO.C8H11NO2.CH2Cl2.3CH4.Al.3ClH/c1-3-21-16(20)14-9-13(10(2)18-14)15(19)8-11-4-6-12(17)7-5-11;1-3-20-16(19)15-10-13(11(2)18-15)7-4-12-5-8-14(17)9-6-12;1-9-11(8-13(16-9)14(17)18)5-2-10-3-6-12(15)7-4-10;9-8(11)5-6-1-3-7(10)4-2-6;1-3-11-8(10)7-5-4-6(2)9-7;2-1-3;;;;;;;/h4-7,9,18H,3,8H2,1-2H3;5-6,8-10,18H,3-4,7H2,1-2H3;3-4,6-8,16H,2,5H2,1H3,(H,17,18);1-4H,5H2;4-5,9H,3H2,1-2H3;1H2;3*1H4;;3*1H/q;;;;;;;;;+3;;;/p-3. The molecule has 0 bridgehead atoms. The first kappa shape index (κ1) is 86.3. The number of halogens is 10. The summed E-state index contributed by atoms with van der Waals surface area (Å²) in [5.41, 5.74) is 11.0. The van der Waals surface area contributed by atoms with Gasteiger partial charge in [0.2, 0.25) is 5.24 Å². The molecule has 4 aromatic heterocycles. The number of alkyl halides is 2. The van der Waals surface area contributed by atoms with E-state index in [2.05, 4.69) is 19.9 Å². The smallest absolute Gasteiger partial charge is 0.477 e. The van der Waals surface area contributed by atoms with Crippen molar-refractivity contribution in [1.82, 2.24) is 19.9 Å². The normalized spacial score (nSPS) is 9.64. The van der Waals surface area contributed by atoms with E-state index < -0.39 is 28.6 Å². The van der Waals surface area contributed by atoms with Crippen molar-refractivity contribution in [2.45, 2.75) is 109 Å². The number of rotatable bonds is 18. The summed E-state index contributed by atoms with van der Waals surface area (Å²) < 4.78 is 65.3. The molecule has 0 fully saturated rings. The lowest BCUT2D eigenvalue weighted by Crippen LogP contribution is -2.05. The van der Waals surface area contributed by atoms with E-state index >= 15 is 0 Å². The highest BCUT2D eigenvalue weighted by Crippen LogP contribution is 2.18. The van der Waals surface area contributed by atoms with Gasteiger partial charge in [0.25, 0.3) is 0 Å². The molecule has 14 nitrogen and oxygen atoms in total. The molecule has 4 aromatic carbocycles. The Morgan fingerprint density at radius 2 is 0.769 bits per heavy atom. The van der Waals surface area contributed by atoms with Crippen molar-refractivity contribution in [2.75, 3.05) is 25.2 Å². The third-order valence-corrected chi connectivity index (χ3v) is 12.0. The van der Waals surface area contributed by atoms with Crippen LogP contribution in [0.1, 0.15) is 152 Å². The summed E-state index contributed by atoms with van der Waals surface area (Å²) in [4.78, 5) is 79.3. The molecule has 4 heterocycles. The van der Waals surface area contributed by atoms with E-state index in [1.54, 1.807) is 76.2 Å². The first-order valence-electron chi connectivity index (χ1n) is 26.9. The summed E-state index contributed by atoms with van der Waals surface area (Å²) in [6, 6.07) is 32.8. The summed E-state index contributed by atoms with van der Waals surface area (Å²) >= 11 is 12.9. The van der Waals surface area contributed by atoms with E-state index in [0.717, 1.165) is 76.1 Å². The summed E-state index contributed by atoms with van der Waals surface area (Å²) in [5, 5.41) is 8.63. The van der Waals surface area contributed by atoms with Crippen LogP contribution in [-0.4, -0.2) is 96.5 Å². The van der Waals surface area contributed by atoms with Crippen LogP contribution in [0.5, 0.6) is 0 Å². The Morgan fingerprint density at radius 1 is 0.451 bits per heavy atom. The van der Waals surface area contributed by atoms with Gasteiger partial charge in [0, 0.05) is 41.2 Å². The number of aromatic amines is 4. The van der Waals surface area contributed by atoms with Crippen LogP contribution in [0, 0.1) is 51.0 Å². The van der Waals surface area contributed by atoms with Gasteiger partial charge in [0.05, 0.1) is 25.2 Å². The van der Waals surface area contributed by atoms with Gasteiger partial charge in [-0.15, -0.1) is 23.2 Å². The second-order valence-corrected chi connectivity index (χ2v) is 26.1. The van der Waals surface area contributed by atoms with Crippen molar-refractivity contribution in [3.63, 3.8) is 0 Å². The number of ether oxygens (including phenoxy) is 3. The number of hydrogen-bond donors (Lipinski definition) is 5. The number of hydrogen-bond acceptors (Lipinski definition) is 9. The van der Waals surface area contributed by atoms with Gasteiger partial charge in [0.1, 0.15) is 46.0 Å². The number of H-pyrrole nitrogens is 4. The Balaban J connectivity index is 0. The SMILES string of the molecule is C.C.C.CCOC(=O)c1cc(C(=O)Cc2ccc(F)cc2)c(C)[nH]1.CCOC(=O)c1cc(CCc2ccc(F)cc2)c(C)[nH]1.CCOC(=O)c1ccc(C)[nH]1.Cc1[nH]c(C(=O)O)cc1CCc1ccc(F)cc1.ClCCl.O=C(Cl)Cc1ccc(F)cc1.[Cl][Al]([Cl])[Cl]. The van der Waals surface area contributed by atoms with E-state index in [0.29, 0.717) is 35.9 Å². The molecule has 0 aliphatic carbocycles. The van der Waals surface area contributed by atoms with Gasteiger partial charge in [-0.2, -0.15) is 0 Å². The minimum absolute atomic E-state index is 0. The third kappa shape index (κ3) is 35.0. The number of nitrogens with one attached hydrogen (secondary N) is 4. The fraction of sp³-hybridized carbons (Fsp3) is 0.303. The van der Waals surface area contributed by atoms with Crippen molar-refractivity contribution in [1.29, 1.82) is 0 Å². The highest BCUT2D eigenvalue weighted by Gasteiger charge is 2.18. The monoisotopic (exact) mass is 1400 g/mol. The summed E-state index contributed by atoms with van der Waals surface area (Å²) in [5.74, 6) is -3.31. The molecular formula is C66H79AlCl6F4N4O10. The molecule has 0 spiro atoms. The van der Waals surface area contributed by atoms with Crippen molar-refractivity contribution in [2.24, 2.45) is 0 Å². The number of benzene rings is 4. The first-order valence-corrected chi connectivity index (χ1v) is 33.6. The Hall–Kier alpha value is -6.79. The largest absolute Gasteiger partial charge is 0.643 e. The molecule has 0 amide bonds. The Kier molecular flexibility index (Phi) is 44.7. The maximum absolute atomic E-state index is 12.8. The van der Waals surface area contributed by atoms with Crippen LogP contribution in [0.3, 0.4) is 0 Å². The van der Waals surface area contributed by atoms with Gasteiger partial charge >= 0.3 is 35.3 Å². The maximum Gasteiger partial charge on any atom is 0.643 e. The average Bonchev–Trinajstić information content (AvgIpc) is 1.86. The average molecular weight is 1400 g/mol. The van der Waals surface area contributed by atoms with Crippen LogP contribution in [-0.2, 0) is 57.5 Å². The summed E-state index contributed by atoms with van der Waals surface area (Å²) in [6.07, 6.45) is 3.41. The minimum Gasteiger partial charge on any atom is -0.477 e. The number of Topliss-reactive ketones (excluding diaryl/α,β-unsaturated/α-hetero) is 1. The fourth-order valence-electron chi connectivity index (χ4n) is 7.66. The van der Waals surface area contributed by atoms with Crippen LogP contribution < -0.4 is 0 Å². The lowest BCUT2D eigenvalue weighted by molar-refractivity contribution is -0.111. The number of aryl methyl sites for hydroxylation is 8. The van der Waals surface area contributed by atoms with Gasteiger partial charge in [-0.05, 0) is 198 Å². The van der Waals surface area contributed by atoms with E-state index in [4.69, 9.17) is 84.3 Å². The summed E-state index contributed by atoms with van der Waals surface area (Å²) in [6.45, 7) is 13.7. The quantitative estimate of drug-likeness (QED) is 0.0104. The molecule has 5 N–H and O–H groups in total. The Morgan fingerprint density at radius 3 is 1.10 bits per heavy atom. The molecule has 496 valence electrons. The van der Waals surface area contributed by atoms with Crippen LogP contribution in [0.2, 0.25) is 0 Å². The molecule has 0 radical (unpaired) electrons. The van der Waals surface area contributed by atoms with Crippen LogP contribution in [0.4, 0.5) is 17.6 Å². The predicted molar refractivity (Wildman–Crippen MR) is 360 cm³/mol. The minimum atomic E-state index is -1.72. The Labute approximate surface area is 562 Å². The number of esters is 3. The molecular weight excluding hydrogens is 1320 g/mol. The van der Waals surface area contributed by atoms with E-state index in [9.17, 15) is 46.3 Å². The zero-order valence-electron chi connectivity index (χ0n) is 49.2. The van der Waals surface area contributed by atoms with Gasteiger partial charge in [0.15, 0.2) is 5.78 Å². The number of carboxylic acid groups (broad SMARTS) is 1. The molecule has 0 saturated carbocycles. The third-order valence-electron chi connectivity index (χ3n) is 11.8. The lowest BCUT2D eigenvalue weighted by Gasteiger charge is -2.01. The number of aromatic nitrogens is 4. The molecule has 91 heavy (non-hydrogen) atoms. The fourth-order valence-corrected chi connectivity index (χ4v) is 7.81. The molecule has 25 heteroatoms. The maximum atomic E-state index is 12.8. The molecule has 0 saturated heterocycles. The van der Waals surface area contributed by atoms with E-state index in [1.807, 2.05) is 32.9 Å². The predicted octanol–water partition coefficient (Wildman–Crippen LogP) is 18.1. The van der Waals surface area contributed by atoms with Crippen molar-refractivity contribution < 1.29 is 65.6 Å². The van der Waals surface area contributed by atoms with Crippen LogP contribution >= 0.6 is 65.0 Å². The number of carboxylic acids is 1. The molecule has 8 rings (SSSR count). The highest BCUT2D eigenvalue weighted by molar-refractivity contribution is 7.54. The van der Waals surface area contributed by atoms with Crippen molar-refractivity contribution in [3.05, 3.63) is 235 Å². The number of aromatic carboxylic acids is 1.